The van der Waals surface area contributed by atoms with Crippen LogP contribution >= 0.6 is 24.0 Å². The van der Waals surface area contributed by atoms with Crippen molar-refractivity contribution in [2.45, 2.75) is 52.3 Å². The van der Waals surface area contributed by atoms with Gasteiger partial charge in [0.1, 0.15) is 30.0 Å². The maximum absolute atomic E-state index is 13.1. The van der Waals surface area contributed by atoms with Gasteiger partial charge in [0.2, 0.25) is 0 Å². The van der Waals surface area contributed by atoms with Crippen LogP contribution in [0.5, 0.6) is 5.75 Å². The zero-order chi connectivity index (χ0) is 22.2. The molecule has 10 heteroatoms. The number of hydrogen-bond donors (Lipinski definition) is 2. The lowest BCUT2D eigenvalue weighted by atomic mass is 10.2. The van der Waals surface area contributed by atoms with Gasteiger partial charge in [-0.2, -0.15) is 0 Å². The van der Waals surface area contributed by atoms with Gasteiger partial charge in [0.05, 0.1) is 6.54 Å². The molecule has 0 aliphatic carbocycles. The maximum Gasteiger partial charge on any atom is 0.191 e. The van der Waals surface area contributed by atoms with E-state index in [1.165, 1.54) is 25.0 Å². The number of benzene rings is 1. The molecule has 0 bridgehead atoms. The standard InChI is InChI=1S/C22H34FN7O.HI/c1-5-30-12-6-7-19(30)14-25-22(26-15-21-28-27-17(3)29(21)4)24-13-16(2)31-20-10-8-18(23)9-11-20;/h8-11,16,19H,5-7,12-15H2,1-4H3,(H2,24,25,26);1H. The molecule has 1 aromatic heterocycles. The molecule has 2 N–H and O–H groups in total. The third-order valence-electron chi connectivity index (χ3n) is 5.68. The summed E-state index contributed by atoms with van der Waals surface area (Å²) in [6.45, 7) is 10.1. The summed E-state index contributed by atoms with van der Waals surface area (Å²) < 4.78 is 20.9. The van der Waals surface area contributed by atoms with E-state index in [-0.39, 0.29) is 35.9 Å². The van der Waals surface area contributed by atoms with E-state index in [9.17, 15) is 4.39 Å². The minimum atomic E-state index is -0.274. The first-order valence-corrected chi connectivity index (χ1v) is 11.0. The molecule has 0 spiro atoms. The van der Waals surface area contributed by atoms with Gasteiger partial charge in [-0.05, 0) is 64.0 Å². The summed E-state index contributed by atoms with van der Waals surface area (Å²) in [6.07, 6.45) is 2.31. The smallest absolute Gasteiger partial charge is 0.191 e. The number of aryl methyl sites for hydroxylation is 1. The fourth-order valence-electron chi connectivity index (χ4n) is 3.70. The van der Waals surface area contributed by atoms with Crippen LogP contribution in [0.3, 0.4) is 0 Å². The molecule has 32 heavy (non-hydrogen) atoms. The zero-order valence-corrected chi connectivity index (χ0v) is 21.7. The number of hydrogen-bond acceptors (Lipinski definition) is 5. The van der Waals surface area contributed by atoms with Crippen molar-refractivity contribution in [2.75, 3.05) is 26.2 Å². The lowest BCUT2D eigenvalue weighted by Gasteiger charge is -2.24. The van der Waals surface area contributed by atoms with Crippen molar-refractivity contribution >= 4 is 29.9 Å². The molecular formula is C22H35FIN7O. The lowest BCUT2D eigenvalue weighted by molar-refractivity contribution is 0.223. The molecule has 1 aliphatic rings. The molecule has 1 saturated heterocycles. The van der Waals surface area contributed by atoms with Crippen molar-refractivity contribution in [2.24, 2.45) is 12.0 Å². The Balaban J connectivity index is 0.00000363. The Labute approximate surface area is 207 Å². The van der Waals surface area contributed by atoms with Crippen LogP contribution in [0.15, 0.2) is 29.3 Å². The van der Waals surface area contributed by atoms with Crippen LogP contribution < -0.4 is 15.4 Å². The molecule has 0 saturated carbocycles. The highest BCUT2D eigenvalue weighted by molar-refractivity contribution is 14.0. The third-order valence-corrected chi connectivity index (χ3v) is 5.68. The van der Waals surface area contributed by atoms with E-state index in [1.807, 2.05) is 25.5 Å². The average molecular weight is 559 g/mol. The maximum atomic E-state index is 13.1. The van der Waals surface area contributed by atoms with E-state index in [0.29, 0.717) is 24.9 Å². The molecule has 2 atom stereocenters. The monoisotopic (exact) mass is 559 g/mol. The summed E-state index contributed by atoms with van der Waals surface area (Å²) in [7, 11) is 1.94. The Kier molecular flexibility index (Phi) is 10.6. The first-order chi connectivity index (χ1) is 15.0. The molecule has 178 valence electrons. The predicted molar refractivity (Wildman–Crippen MR) is 135 cm³/mol. The van der Waals surface area contributed by atoms with E-state index in [2.05, 4.69) is 32.7 Å². The van der Waals surface area contributed by atoms with E-state index >= 15 is 0 Å². The van der Waals surface area contributed by atoms with Crippen molar-refractivity contribution in [3.63, 3.8) is 0 Å². The van der Waals surface area contributed by atoms with Crippen LogP contribution in [-0.4, -0.2) is 63.9 Å². The largest absolute Gasteiger partial charge is 0.489 e. The van der Waals surface area contributed by atoms with Crippen molar-refractivity contribution in [3.8, 4) is 5.75 Å². The van der Waals surface area contributed by atoms with E-state index in [1.54, 1.807) is 12.1 Å². The number of likely N-dealkylation sites (N-methyl/N-ethyl adjacent to an activating group) is 1. The highest BCUT2D eigenvalue weighted by Crippen LogP contribution is 2.15. The van der Waals surface area contributed by atoms with Crippen molar-refractivity contribution < 1.29 is 9.13 Å². The van der Waals surface area contributed by atoms with Gasteiger partial charge in [0.25, 0.3) is 0 Å². The SMILES string of the molecule is CCN1CCCC1CNC(=NCc1nnc(C)n1C)NCC(C)Oc1ccc(F)cc1.I. The van der Waals surface area contributed by atoms with E-state index in [4.69, 9.17) is 9.73 Å². The summed E-state index contributed by atoms with van der Waals surface area (Å²) in [5.74, 6) is 2.76. The van der Waals surface area contributed by atoms with Gasteiger partial charge in [-0.25, -0.2) is 9.38 Å². The minimum absolute atomic E-state index is 0. The summed E-state index contributed by atoms with van der Waals surface area (Å²) in [5, 5.41) is 15.1. The molecule has 3 rings (SSSR count). The van der Waals surface area contributed by atoms with Crippen LogP contribution in [0, 0.1) is 12.7 Å². The summed E-state index contributed by atoms with van der Waals surface area (Å²) in [5.41, 5.74) is 0. The van der Waals surface area contributed by atoms with Gasteiger partial charge in [0, 0.05) is 19.6 Å². The third kappa shape index (κ3) is 7.58. The number of aliphatic imine (C=N–C) groups is 1. The predicted octanol–water partition coefficient (Wildman–Crippen LogP) is 2.87. The molecule has 1 fully saturated rings. The second kappa shape index (κ2) is 12.9. The number of nitrogens with one attached hydrogen (secondary N) is 2. The molecule has 0 amide bonds. The number of guanidine groups is 1. The Morgan fingerprint density at radius 1 is 1.28 bits per heavy atom. The van der Waals surface area contributed by atoms with Gasteiger partial charge < -0.3 is 19.9 Å². The van der Waals surface area contributed by atoms with Crippen molar-refractivity contribution in [3.05, 3.63) is 41.7 Å². The summed E-state index contributed by atoms with van der Waals surface area (Å²) in [4.78, 5) is 7.21. The quantitative estimate of drug-likeness (QED) is 0.280. The van der Waals surface area contributed by atoms with Gasteiger partial charge in [-0.3, -0.25) is 4.90 Å². The number of likely N-dealkylation sites (tertiary alicyclic amines) is 1. The topological polar surface area (TPSA) is 79.6 Å². The highest BCUT2D eigenvalue weighted by Gasteiger charge is 2.23. The number of nitrogens with zero attached hydrogens (tertiary/aromatic N) is 5. The molecule has 2 heterocycles. The number of ether oxygens (including phenoxy) is 1. The Morgan fingerprint density at radius 3 is 2.69 bits per heavy atom. The number of aromatic nitrogens is 3. The van der Waals surface area contributed by atoms with E-state index < -0.39 is 0 Å². The summed E-state index contributed by atoms with van der Waals surface area (Å²) >= 11 is 0. The molecule has 2 aromatic rings. The average Bonchev–Trinajstić information content (AvgIpc) is 3.35. The fourth-order valence-corrected chi connectivity index (χ4v) is 3.70. The van der Waals surface area contributed by atoms with Crippen LogP contribution in [-0.2, 0) is 13.6 Å². The molecule has 0 radical (unpaired) electrons. The van der Waals surface area contributed by atoms with Crippen molar-refractivity contribution in [1.29, 1.82) is 0 Å². The van der Waals surface area contributed by atoms with Crippen molar-refractivity contribution in [1.82, 2.24) is 30.3 Å². The second-order valence-electron chi connectivity index (χ2n) is 7.96. The lowest BCUT2D eigenvalue weighted by Crippen LogP contribution is -2.46. The van der Waals surface area contributed by atoms with Gasteiger partial charge in [-0.15, -0.1) is 34.2 Å². The van der Waals surface area contributed by atoms with Crippen LogP contribution in [0.1, 0.15) is 38.3 Å². The first-order valence-electron chi connectivity index (χ1n) is 11.0. The Morgan fingerprint density at radius 2 is 2.03 bits per heavy atom. The molecule has 8 nitrogen and oxygen atoms in total. The summed E-state index contributed by atoms with van der Waals surface area (Å²) in [6, 6.07) is 6.58. The number of rotatable bonds is 9. The second-order valence-corrected chi connectivity index (χ2v) is 7.96. The molecule has 1 aliphatic heterocycles. The highest BCUT2D eigenvalue weighted by atomic mass is 127. The molecular weight excluding hydrogens is 524 g/mol. The zero-order valence-electron chi connectivity index (χ0n) is 19.3. The van der Waals surface area contributed by atoms with Crippen LogP contribution in [0.25, 0.3) is 0 Å². The van der Waals surface area contributed by atoms with Gasteiger partial charge >= 0.3 is 0 Å². The van der Waals surface area contributed by atoms with E-state index in [0.717, 1.165) is 37.2 Å². The Bertz CT molecular complexity index is 858. The molecule has 1 aromatic carbocycles. The number of halogens is 2. The normalized spacial score (nSPS) is 17.7. The molecule has 2 unspecified atom stereocenters. The first kappa shape index (κ1) is 26.3. The van der Waals surface area contributed by atoms with Crippen LogP contribution in [0.4, 0.5) is 4.39 Å². The minimum Gasteiger partial charge on any atom is -0.489 e. The van der Waals surface area contributed by atoms with Gasteiger partial charge in [-0.1, -0.05) is 6.92 Å². The Hall–Kier alpha value is -1.95. The van der Waals surface area contributed by atoms with Gasteiger partial charge in [0.15, 0.2) is 11.8 Å². The fraction of sp³-hybridized carbons (Fsp3) is 0.591. The van der Waals surface area contributed by atoms with Crippen LogP contribution in [0.2, 0.25) is 0 Å².